The molecule has 0 unspecified atom stereocenters. The van der Waals surface area contributed by atoms with E-state index in [0.717, 1.165) is 19.3 Å². The monoisotopic (exact) mass is 268 g/mol. The zero-order valence-corrected chi connectivity index (χ0v) is 11.9. The van der Waals surface area contributed by atoms with Crippen molar-refractivity contribution in [1.82, 2.24) is 0 Å². The standard InChI is InChI=1S/C15H24O4/c1-7-9(16)4-5-15(3)6-10-11(13(17)12(7)15)8(2)14(18)19-10/h7-13,16-17H,4-6H2,1-3H3/t7-,8+,9-,10+,11-,12-,13-,15-/m1/s1. The molecule has 0 radical (unpaired) electrons. The molecule has 0 amide bonds. The maximum Gasteiger partial charge on any atom is 0.309 e. The highest BCUT2D eigenvalue weighted by atomic mass is 16.6. The van der Waals surface area contributed by atoms with Gasteiger partial charge in [0.15, 0.2) is 0 Å². The number of hydrogen-bond donors (Lipinski definition) is 2. The highest BCUT2D eigenvalue weighted by molar-refractivity contribution is 5.75. The van der Waals surface area contributed by atoms with Gasteiger partial charge < -0.3 is 14.9 Å². The number of carbonyl (C=O) groups is 1. The van der Waals surface area contributed by atoms with Gasteiger partial charge >= 0.3 is 5.97 Å². The van der Waals surface area contributed by atoms with Crippen molar-refractivity contribution in [3.05, 3.63) is 0 Å². The number of aliphatic hydroxyl groups is 2. The van der Waals surface area contributed by atoms with Crippen LogP contribution in [0.2, 0.25) is 0 Å². The second-order valence-corrected chi connectivity index (χ2v) is 7.18. The summed E-state index contributed by atoms with van der Waals surface area (Å²) in [6, 6.07) is 0. The molecular weight excluding hydrogens is 244 g/mol. The van der Waals surface area contributed by atoms with Crippen molar-refractivity contribution in [1.29, 1.82) is 0 Å². The second kappa shape index (κ2) is 4.19. The van der Waals surface area contributed by atoms with Crippen molar-refractivity contribution in [2.75, 3.05) is 0 Å². The lowest BCUT2D eigenvalue weighted by atomic mass is 9.52. The first-order chi connectivity index (χ1) is 8.85. The molecule has 0 spiro atoms. The van der Waals surface area contributed by atoms with Gasteiger partial charge in [0, 0.05) is 5.92 Å². The number of hydrogen-bond acceptors (Lipinski definition) is 4. The van der Waals surface area contributed by atoms with Crippen LogP contribution >= 0.6 is 0 Å². The van der Waals surface area contributed by atoms with Crippen LogP contribution in [0.4, 0.5) is 0 Å². The zero-order valence-electron chi connectivity index (χ0n) is 11.9. The van der Waals surface area contributed by atoms with Crippen LogP contribution in [0, 0.1) is 29.1 Å². The van der Waals surface area contributed by atoms with E-state index >= 15 is 0 Å². The summed E-state index contributed by atoms with van der Waals surface area (Å²) < 4.78 is 5.46. The number of carbonyl (C=O) groups excluding carboxylic acids is 1. The Morgan fingerprint density at radius 2 is 2.00 bits per heavy atom. The molecule has 3 aliphatic rings. The molecule has 2 saturated carbocycles. The van der Waals surface area contributed by atoms with E-state index in [2.05, 4.69) is 6.92 Å². The summed E-state index contributed by atoms with van der Waals surface area (Å²) in [5, 5.41) is 20.9. The molecule has 3 fully saturated rings. The Morgan fingerprint density at radius 1 is 1.32 bits per heavy atom. The summed E-state index contributed by atoms with van der Waals surface area (Å²) >= 11 is 0. The second-order valence-electron chi connectivity index (χ2n) is 7.18. The fraction of sp³-hybridized carbons (Fsp3) is 0.933. The van der Waals surface area contributed by atoms with Crippen molar-refractivity contribution in [3.8, 4) is 0 Å². The van der Waals surface area contributed by atoms with Gasteiger partial charge in [-0.2, -0.15) is 0 Å². The number of aliphatic hydroxyl groups excluding tert-OH is 2. The van der Waals surface area contributed by atoms with Crippen molar-refractivity contribution >= 4 is 5.97 Å². The minimum atomic E-state index is -0.546. The molecule has 2 N–H and O–H groups in total. The molecule has 0 aromatic heterocycles. The quantitative estimate of drug-likeness (QED) is 0.651. The van der Waals surface area contributed by atoms with E-state index in [0.29, 0.717) is 0 Å². The summed E-state index contributed by atoms with van der Waals surface area (Å²) in [4.78, 5) is 11.8. The van der Waals surface area contributed by atoms with E-state index in [4.69, 9.17) is 4.74 Å². The first kappa shape index (κ1) is 13.4. The van der Waals surface area contributed by atoms with Gasteiger partial charge in [0.05, 0.1) is 18.1 Å². The Labute approximate surface area is 114 Å². The molecule has 1 saturated heterocycles. The van der Waals surface area contributed by atoms with Crippen molar-refractivity contribution < 1.29 is 19.7 Å². The Hall–Kier alpha value is -0.610. The maximum absolute atomic E-state index is 11.8. The highest BCUT2D eigenvalue weighted by Crippen LogP contribution is 2.57. The average Bonchev–Trinajstić information content (AvgIpc) is 2.60. The fourth-order valence-electron chi connectivity index (χ4n) is 4.95. The molecule has 19 heavy (non-hydrogen) atoms. The number of esters is 1. The molecule has 4 heteroatoms. The lowest BCUT2D eigenvalue weighted by molar-refractivity contribution is -0.167. The first-order valence-electron chi connectivity index (χ1n) is 7.42. The number of ether oxygens (including phenoxy) is 1. The molecule has 2 aliphatic carbocycles. The fourth-order valence-corrected chi connectivity index (χ4v) is 4.95. The molecular formula is C15H24O4. The van der Waals surface area contributed by atoms with Crippen LogP contribution in [0.3, 0.4) is 0 Å². The highest BCUT2D eigenvalue weighted by Gasteiger charge is 2.60. The van der Waals surface area contributed by atoms with Gasteiger partial charge in [-0.05, 0) is 36.5 Å². The molecule has 1 heterocycles. The Balaban J connectivity index is 1.95. The third-order valence-corrected chi connectivity index (χ3v) is 6.07. The topological polar surface area (TPSA) is 66.8 Å². The third-order valence-electron chi connectivity index (χ3n) is 6.07. The van der Waals surface area contributed by atoms with E-state index < -0.39 is 6.10 Å². The van der Waals surface area contributed by atoms with E-state index in [-0.39, 0.29) is 47.3 Å². The van der Waals surface area contributed by atoms with Gasteiger partial charge in [-0.15, -0.1) is 0 Å². The van der Waals surface area contributed by atoms with Gasteiger partial charge in [-0.1, -0.05) is 20.8 Å². The molecule has 108 valence electrons. The molecule has 0 aromatic rings. The summed E-state index contributed by atoms with van der Waals surface area (Å²) in [6.45, 7) is 6.05. The lowest BCUT2D eigenvalue weighted by Gasteiger charge is -2.55. The van der Waals surface area contributed by atoms with Gasteiger partial charge in [-0.25, -0.2) is 0 Å². The maximum atomic E-state index is 11.8. The van der Waals surface area contributed by atoms with E-state index in [1.165, 1.54) is 0 Å². The Bertz CT molecular complexity index is 396. The van der Waals surface area contributed by atoms with E-state index in [1.54, 1.807) is 0 Å². The van der Waals surface area contributed by atoms with Crippen LogP contribution in [0.15, 0.2) is 0 Å². The smallest absolute Gasteiger partial charge is 0.309 e. The normalized spacial score (nSPS) is 57.3. The predicted molar refractivity (Wildman–Crippen MR) is 69.2 cm³/mol. The molecule has 0 bridgehead atoms. The molecule has 0 aromatic carbocycles. The summed E-state index contributed by atoms with van der Waals surface area (Å²) in [5.74, 6) is -0.356. The van der Waals surface area contributed by atoms with Gasteiger partial charge in [-0.3, -0.25) is 4.79 Å². The van der Waals surface area contributed by atoms with Crippen molar-refractivity contribution in [2.45, 2.75) is 58.3 Å². The van der Waals surface area contributed by atoms with Crippen LogP contribution in [0.1, 0.15) is 40.0 Å². The van der Waals surface area contributed by atoms with Crippen LogP contribution in [0.25, 0.3) is 0 Å². The third kappa shape index (κ3) is 1.76. The van der Waals surface area contributed by atoms with Crippen LogP contribution < -0.4 is 0 Å². The minimum absolute atomic E-state index is 0.0242. The van der Waals surface area contributed by atoms with Crippen LogP contribution in [-0.4, -0.2) is 34.5 Å². The number of rotatable bonds is 0. The minimum Gasteiger partial charge on any atom is -0.462 e. The zero-order chi connectivity index (χ0) is 13.9. The SMILES string of the molecule is C[C@H]1[C@@H]2[C@H](O)[C@H]3[C@H](C[C@@]2(C)CC[C@H]1O)OC(=O)[C@H]3C. The average molecular weight is 268 g/mol. The van der Waals surface area contributed by atoms with E-state index in [1.807, 2.05) is 13.8 Å². The van der Waals surface area contributed by atoms with E-state index in [9.17, 15) is 15.0 Å². The first-order valence-corrected chi connectivity index (χ1v) is 7.42. The summed E-state index contributed by atoms with van der Waals surface area (Å²) in [7, 11) is 0. The van der Waals surface area contributed by atoms with Crippen molar-refractivity contribution in [2.24, 2.45) is 29.1 Å². The lowest BCUT2D eigenvalue weighted by Crippen LogP contribution is -2.57. The molecule has 3 rings (SSSR count). The summed E-state index contributed by atoms with van der Waals surface area (Å²) in [6.07, 6.45) is 1.48. The van der Waals surface area contributed by atoms with Gasteiger partial charge in [0.2, 0.25) is 0 Å². The molecule has 8 atom stereocenters. The van der Waals surface area contributed by atoms with Gasteiger partial charge in [0.1, 0.15) is 6.10 Å². The molecule has 4 nitrogen and oxygen atoms in total. The predicted octanol–water partition coefficient (Wildman–Crippen LogP) is 1.34. The summed E-state index contributed by atoms with van der Waals surface area (Å²) in [5.41, 5.74) is -0.0242. The molecule has 1 aliphatic heterocycles. The Morgan fingerprint density at radius 3 is 2.68 bits per heavy atom. The van der Waals surface area contributed by atoms with Crippen molar-refractivity contribution in [3.63, 3.8) is 0 Å². The largest absolute Gasteiger partial charge is 0.462 e. The number of fused-ring (bicyclic) bond motifs is 2. The Kier molecular flexibility index (Phi) is 2.95. The van der Waals surface area contributed by atoms with Crippen LogP contribution in [-0.2, 0) is 9.53 Å². The van der Waals surface area contributed by atoms with Crippen LogP contribution in [0.5, 0.6) is 0 Å². The van der Waals surface area contributed by atoms with Gasteiger partial charge in [0.25, 0.3) is 0 Å².